The minimum absolute atomic E-state index is 0.0186. The largest absolute Gasteiger partial charge is 0.489 e. The van der Waals surface area contributed by atoms with Crippen molar-refractivity contribution in [1.82, 2.24) is 4.98 Å². The second-order valence-corrected chi connectivity index (χ2v) is 4.11. The van der Waals surface area contributed by atoms with Crippen LogP contribution in [0.15, 0.2) is 12.3 Å². The molecular formula is C12H14N2O2. The van der Waals surface area contributed by atoms with Gasteiger partial charge in [0.05, 0.1) is 18.4 Å². The molecule has 0 aromatic carbocycles. The molecule has 0 saturated heterocycles. The van der Waals surface area contributed by atoms with E-state index in [1.54, 1.807) is 12.3 Å². The van der Waals surface area contributed by atoms with E-state index in [0.29, 0.717) is 23.3 Å². The summed E-state index contributed by atoms with van der Waals surface area (Å²) in [5, 5.41) is 8.88. The Bertz CT molecular complexity index is 420. The van der Waals surface area contributed by atoms with Gasteiger partial charge in [-0.25, -0.2) is 4.98 Å². The van der Waals surface area contributed by atoms with Gasteiger partial charge in [0.25, 0.3) is 0 Å². The molecule has 84 valence electrons. The fraction of sp³-hybridized carbons (Fsp3) is 0.500. The van der Waals surface area contributed by atoms with Crippen molar-refractivity contribution in [2.24, 2.45) is 0 Å². The average Bonchev–Trinajstić information content (AvgIpc) is 3.01. The summed E-state index contributed by atoms with van der Waals surface area (Å²) in [7, 11) is 0. The molecule has 1 aromatic rings. The van der Waals surface area contributed by atoms with E-state index in [1.807, 2.05) is 19.9 Å². The van der Waals surface area contributed by atoms with Crippen molar-refractivity contribution in [2.75, 3.05) is 0 Å². The summed E-state index contributed by atoms with van der Waals surface area (Å²) in [4.78, 5) is 4.02. The monoisotopic (exact) mass is 218 g/mol. The van der Waals surface area contributed by atoms with Crippen molar-refractivity contribution in [3.05, 3.63) is 18.0 Å². The number of rotatable bonds is 4. The Morgan fingerprint density at radius 2 is 2.25 bits per heavy atom. The van der Waals surface area contributed by atoms with Crippen LogP contribution in [0.25, 0.3) is 0 Å². The highest BCUT2D eigenvalue weighted by Gasteiger charge is 2.24. The topological polar surface area (TPSA) is 55.1 Å². The van der Waals surface area contributed by atoms with Crippen molar-refractivity contribution in [1.29, 1.82) is 5.26 Å². The third-order valence-electron chi connectivity index (χ3n) is 2.12. The maximum atomic E-state index is 8.88. The molecule has 4 nitrogen and oxygen atoms in total. The van der Waals surface area contributed by atoms with E-state index in [-0.39, 0.29) is 6.10 Å². The molecule has 0 unspecified atom stereocenters. The van der Waals surface area contributed by atoms with Crippen molar-refractivity contribution in [3.63, 3.8) is 0 Å². The van der Waals surface area contributed by atoms with Gasteiger partial charge in [-0.1, -0.05) is 0 Å². The lowest BCUT2D eigenvalue weighted by Crippen LogP contribution is -2.08. The average molecular weight is 218 g/mol. The van der Waals surface area contributed by atoms with Crippen LogP contribution in [-0.4, -0.2) is 17.2 Å². The molecule has 16 heavy (non-hydrogen) atoms. The predicted octanol–water partition coefficient (Wildman–Crippen LogP) is 2.28. The smallest absolute Gasteiger partial charge is 0.182 e. The van der Waals surface area contributed by atoms with Crippen LogP contribution in [0.1, 0.15) is 32.4 Å². The maximum Gasteiger partial charge on any atom is 0.182 e. The van der Waals surface area contributed by atoms with Gasteiger partial charge in [0.15, 0.2) is 11.4 Å². The summed E-state index contributed by atoms with van der Waals surface area (Å²) in [5.41, 5.74) is 0.303. The van der Waals surface area contributed by atoms with Crippen LogP contribution >= 0.6 is 0 Å². The number of aromatic nitrogens is 1. The highest BCUT2D eigenvalue weighted by molar-refractivity contribution is 5.41. The minimum Gasteiger partial charge on any atom is -0.489 e. The molecule has 0 spiro atoms. The second kappa shape index (κ2) is 4.40. The number of nitriles is 1. The lowest BCUT2D eigenvalue weighted by Gasteiger charge is -2.12. The first kappa shape index (κ1) is 10.7. The fourth-order valence-corrected chi connectivity index (χ4v) is 1.30. The first-order chi connectivity index (χ1) is 7.69. The molecule has 1 aliphatic carbocycles. The summed E-state index contributed by atoms with van der Waals surface area (Å²) in [6.45, 7) is 3.82. The summed E-state index contributed by atoms with van der Waals surface area (Å²) < 4.78 is 11.1. The maximum absolute atomic E-state index is 8.88. The summed E-state index contributed by atoms with van der Waals surface area (Å²) >= 11 is 0. The first-order valence-electron chi connectivity index (χ1n) is 5.42. The minimum atomic E-state index is 0.0186. The number of hydrogen-bond acceptors (Lipinski definition) is 4. The van der Waals surface area contributed by atoms with Crippen LogP contribution in [0, 0.1) is 11.3 Å². The van der Waals surface area contributed by atoms with Crippen molar-refractivity contribution in [2.45, 2.75) is 38.9 Å². The molecule has 0 aliphatic heterocycles. The third kappa shape index (κ3) is 2.63. The van der Waals surface area contributed by atoms with Gasteiger partial charge >= 0.3 is 0 Å². The Morgan fingerprint density at radius 3 is 2.81 bits per heavy atom. The quantitative estimate of drug-likeness (QED) is 0.778. The van der Waals surface area contributed by atoms with E-state index in [1.165, 1.54) is 0 Å². The van der Waals surface area contributed by atoms with E-state index in [4.69, 9.17) is 14.7 Å². The molecule has 0 radical (unpaired) electrons. The van der Waals surface area contributed by atoms with Gasteiger partial charge in [-0.15, -0.1) is 0 Å². The normalized spacial score (nSPS) is 14.6. The Labute approximate surface area is 94.8 Å². The number of pyridine rings is 1. The summed E-state index contributed by atoms with van der Waals surface area (Å²) in [6.07, 6.45) is 4.11. The number of hydrogen-bond donors (Lipinski definition) is 0. The molecule has 1 aromatic heterocycles. The van der Waals surface area contributed by atoms with E-state index in [9.17, 15) is 0 Å². The Morgan fingerprint density at radius 1 is 1.50 bits per heavy atom. The van der Waals surface area contributed by atoms with Gasteiger partial charge in [-0.2, -0.15) is 5.26 Å². The zero-order valence-corrected chi connectivity index (χ0v) is 9.43. The fourth-order valence-electron chi connectivity index (χ4n) is 1.30. The zero-order chi connectivity index (χ0) is 11.5. The lowest BCUT2D eigenvalue weighted by molar-refractivity contribution is 0.237. The summed E-state index contributed by atoms with van der Waals surface area (Å²) in [6, 6.07) is 3.75. The number of ether oxygens (including phenoxy) is 2. The van der Waals surface area contributed by atoms with E-state index < -0.39 is 0 Å². The van der Waals surface area contributed by atoms with Crippen molar-refractivity contribution < 1.29 is 9.47 Å². The molecule has 2 rings (SSSR count). The van der Waals surface area contributed by atoms with Crippen molar-refractivity contribution in [3.8, 4) is 17.6 Å². The van der Waals surface area contributed by atoms with Crippen molar-refractivity contribution >= 4 is 0 Å². The van der Waals surface area contributed by atoms with Crippen LogP contribution < -0.4 is 9.47 Å². The highest BCUT2D eigenvalue weighted by atomic mass is 16.5. The van der Waals surface area contributed by atoms with E-state index in [0.717, 1.165) is 12.8 Å². The van der Waals surface area contributed by atoms with E-state index >= 15 is 0 Å². The number of nitrogens with zero attached hydrogens (tertiary/aromatic N) is 2. The van der Waals surface area contributed by atoms with Gasteiger partial charge in [0.2, 0.25) is 0 Å². The summed E-state index contributed by atoms with van der Waals surface area (Å²) in [5.74, 6) is 1.17. The molecule has 1 fully saturated rings. The van der Waals surface area contributed by atoms with Gasteiger partial charge in [0.1, 0.15) is 11.8 Å². The second-order valence-electron chi connectivity index (χ2n) is 4.11. The van der Waals surface area contributed by atoms with Crippen LogP contribution in [0.3, 0.4) is 0 Å². The lowest BCUT2D eigenvalue weighted by atomic mass is 10.3. The molecular weight excluding hydrogens is 204 g/mol. The van der Waals surface area contributed by atoms with Gasteiger partial charge in [-0.3, -0.25) is 0 Å². The SMILES string of the molecule is CC(C)Oc1cc(OC2CC2)cnc1C#N. The zero-order valence-electron chi connectivity index (χ0n) is 9.43. The van der Waals surface area contributed by atoms with Crippen LogP contribution in [0.5, 0.6) is 11.5 Å². The van der Waals surface area contributed by atoms with Gasteiger partial charge in [-0.05, 0) is 26.7 Å². The molecule has 4 heteroatoms. The molecule has 1 saturated carbocycles. The van der Waals surface area contributed by atoms with Crippen LogP contribution in [0.2, 0.25) is 0 Å². The molecule has 0 N–H and O–H groups in total. The molecule has 1 aliphatic rings. The molecule has 0 atom stereocenters. The Hall–Kier alpha value is -1.76. The predicted molar refractivity (Wildman–Crippen MR) is 58.4 cm³/mol. The standard InChI is InChI=1S/C12H14N2O2/c1-8(2)15-12-5-10(16-9-3-4-9)7-14-11(12)6-13/h5,7-9H,3-4H2,1-2H3. The van der Waals surface area contributed by atoms with Gasteiger partial charge in [0, 0.05) is 6.07 Å². The molecule has 0 amide bonds. The Balaban J connectivity index is 2.19. The molecule has 1 heterocycles. The third-order valence-corrected chi connectivity index (χ3v) is 2.12. The van der Waals surface area contributed by atoms with E-state index in [2.05, 4.69) is 4.98 Å². The van der Waals surface area contributed by atoms with Gasteiger partial charge < -0.3 is 9.47 Å². The Kier molecular flexibility index (Phi) is 2.95. The van der Waals surface area contributed by atoms with Crippen LogP contribution in [0.4, 0.5) is 0 Å². The van der Waals surface area contributed by atoms with Crippen LogP contribution in [-0.2, 0) is 0 Å². The highest BCUT2D eigenvalue weighted by Crippen LogP contribution is 2.29. The first-order valence-corrected chi connectivity index (χ1v) is 5.42. The molecule has 0 bridgehead atoms.